The normalized spacial score (nSPS) is 12.2. The minimum Gasteiger partial charge on any atom is -0.496 e. The number of aryl methyl sites for hydroxylation is 2. The molecule has 0 saturated carbocycles. The van der Waals surface area contributed by atoms with Gasteiger partial charge in [0.25, 0.3) is 0 Å². The van der Waals surface area contributed by atoms with Crippen LogP contribution in [-0.2, 0) is 6.42 Å². The Hall–Kier alpha value is -1.32. The Bertz CT molecular complexity index is 608. The molecule has 0 aliphatic carbocycles. The van der Waals surface area contributed by atoms with E-state index in [1.54, 1.807) is 7.11 Å². The largest absolute Gasteiger partial charge is 0.496 e. The molecular formula is C17H19BrO2. The fourth-order valence-electron chi connectivity index (χ4n) is 2.21. The number of aliphatic hydroxyl groups is 1. The average Bonchev–Trinajstić information content (AvgIpc) is 2.42. The molecule has 0 aromatic heterocycles. The summed E-state index contributed by atoms with van der Waals surface area (Å²) in [7, 11) is 1.66. The van der Waals surface area contributed by atoms with Gasteiger partial charge in [-0.2, -0.15) is 0 Å². The third-order valence-electron chi connectivity index (χ3n) is 3.43. The summed E-state index contributed by atoms with van der Waals surface area (Å²) in [6.07, 6.45) is 0.00276. The van der Waals surface area contributed by atoms with E-state index in [-0.39, 0.29) is 0 Å². The van der Waals surface area contributed by atoms with E-state index in [9.17, 15) is 5.11 Å². The van der Waals surface area contributed by atoms with Crippen molar-refractivity contribution in [2.45, 2.75) is 26.4 Å². The number of ether oxygens (including phenoxy) is 1. The second-order valence-corrected chi connectivity index (χ2v) is 5.90. The fraction of sp³-hybridized carbons (Fsp3) is 0.294. The molecule has 0 aliphatic rings. The van der Waals surface area contributed by atoms with E-state index < -0.39 is 6.10 Å². The van der Waals surface area contributed by atoms with Gasteiger partial charge in [-0.15, -0.1) is 0 Å². The maximum Gasteiger partial charge on any atom is 0.122 e. The Morgan fingerprint density at radius 2 is 1.90 bits per heavy atom. The standard InChI is InChI=1S/C17H19BrO2/c1-11-4-7-17(20-3)14(8-11)10-16(19)13-6-5-12(2)15(18)9-13/h4-9,16,19H,10H2,1-3H3. The van der Waals surface area contributed by atoms with Crippen LogP contribution in [-0.4, -0.2) is 12.2 Å². The van der Waals surface area contributed by atoms with E-state index >= 15 is 0 Å². The van der Waals surface area contributed by atoms with Crippen LogP contribution in [0, 0.1) is 13.8 Å². The second kappa shape index (κ2) is 6.42. The van der Waals surface area contributed by atoms with Crippen LogP contribution in [0.5, 0.6) is 5.75 Å². The first kappa shape index (κ1) is 15.1. The summed E-state index contributed by atoms with van der Waals surface area (Å²) in [4.78, 5) is 0. The SMILES string of the molecule is COc1ccc(C)cc1CC(O)c1ccc(C)c(Br)c1. The van der Waals surface area contributed by atoms with Gasteiger partial charge in [-0.25, -0.2) is 0 Å². The maximum absolute atomic E-state index is 10.4. The Balaban J connectivity index is 2.24. The number of rotatable bonds is 4. The van der Waals surface area contributed by atoms with Gasteiger partial charge in [-0.3, -0.25) is 0 Å². The highest BCUT2D eigenvalue weighted by Gasteiger charge is 2.13. The molecular weight excluding hydrogens is 316 g/mol. The first-order chi connectivity index (χ1) is 9.51. The van der Waals surface area contributed by atoms with Crippen molar-refractivity contribution in [1.29, 1.82) is 0 Å². The van der Waals surface area contributed by atoms with Crippen LogP contribution in [0.25, 0.3) is 0 Å². The van der Waals surface area contributed by atoms with Gasteiger partial charge in [0.2, 0.25) is 0 Å². The van der Waals surface area contributed by atoms with Gasteiger partial charge < -0.3 is 9.84 Å². The van der Waals surface area contributed by atoms with E-state index in [0.717, 1.165) is 32.5 Å². The number of benzene rings is 2. The van der Waals surface area contributed by atoms with Crippen LogP contribution >= 0.6 is 15.9 Å². The Morgan fingerprint density at radius 1 is 1.15 bits per heavy atom. The first-order valence-corrected chi connectivity index (χ1v) is 7.38. The number of halogens is 1. The van der Waals surface area contributed by atoms with Gasteiger partial charge in [0, 0.05) is 10.9 Å². The minimum atomic E-state index is -0.539. The molecule has 2 aromatic carbocycles. The second-order valence-electron chi connectivity index (χ2n) is 5.04. The summed E-state index contributed by atoms with van der Waals surface area (Å²) in [6.45, 7) is 4.07. The van der Waals surface area contributed by atoms with Crippen LogP contribution in [0.4, 0.5) is 0 Å². The lowest BCUT2D eigenvalue weighted by Crippen LogP contribution is -2.04. The highest BCUT2D eigenvalue weighted by Crippen LogP contribution is 2.28. The van der Waals surface area contributed by atoms with Gasteiger partial charge in [-0.05, 0) is 42.7 Å². The predicted octanol–water partition coefficient (Wildman–Crippen LogP) is 4.35. The van der Waals surface area contributed by atoms with Crippen molar-refractivity contribution in [2.24, 2.45) is 0 Å². The van der Waals surface area contributed by atoms with Crippen molar-refractivity contribution in [3.63, 3.8) is 0 Å². The smallest absolute Gasteiger partial charge is 0.122 e. The van der Waals surface area contributed by atoms with E-state index in [4.69, 9.17) is 4.74 Å². The monoisotopic (exact) mass is 334 g/mol. The highest BCUT2D eigenvalue weighted by atomic mass is 79.9. The van der Waals surface area contributed by atoms with Crippen LogP contribution < -0.4 is 4.74 Å². The molecule has 1 N–H and O–H groups in total. The molecule has 1 unspecified atom stereocenters. The van der Waals surface area contributed by atoms with Crippen LogP contribution in [0.3, 0.4) is 0 Å². The van der Waals surface area contributed by atoms with Crippen LogP contribution in [0.15, 0.2) is 40.9 Å². The Morgan fingerprint density at radius 3 is 2.55 bits per heavy atom. The van der Waals surface area contributed by atoms with E-state index in [1.807, 2.05) is 44.2 Å². The van der Waals surface area contributed by atoms with Crippen LogP contribution in [0.1, 0.15) is 28.4 Å². The van der Waals surface area contributed by atoms with Crippen molar-refractivity contribution >= 4 is 15.9 Å². The molecule has 2 aromatic rings. The maximum atomic E-state index is 10.4. The van der Waals surface area contributed by atoms with E-state index in [1.165, 1.54) is 0 Å². The summed E-state index contributed by atoms with van der Waals surface area (Å²) < 4.78 is 6.38. The Labute approximate surface area is 128 Å². The first-order valence-electron chi connectivity index (χ1n) is 6.59. The molecule has 2 nitrogen and oxygen atoms in total. The molecule has 0 bridgehead atoms. The number of hydrogen-bond acceptors (Lipinski definition) is 2. The van der Waals surface area contributed by atoms with Gasteiger partial charge >= 0.3 is 0 Å². The van der Waals surface area contributed by atoms with E-state index in [2.05, 4.69) is 22.0 Å². The van der Waals surface area contributed by atoms with Crippen molar-refractivity contribution in [3.05, 3.63) is 63.1 Å². The predicted molar refractivity (Wildman–Crippen MR) is 85.3 cm³/mol. The van der Waals surface area contributed by atoms with Gasteiger partial charge in [0.15, 0.2) is 0 Å². The molecule has 0 heterocycles. The third kappa shape index (κ3) is 3.41. The topological polar surface area (TPSA) is 29.5 Å². The van der Waals surface area contributed by atoms with Crippen molar-refractivity contribution < 1.29 is 9.84 Å². The molecule has 0 amide bonds. The summed E-state index contributed by atoms with van der Waals surface area (Å²) >= 11 is 3.50. The summed E-state index contributed by atoms with van der Waals surface area (Å²) in [5.41, 5.74) is 4.26. The zero-order chi connectivity index (χ0) is 14.7. The summed E-state index contributed by atoms with van der Waals surface area (Å²) in [5, 5.41) is 10.4. The van der Waals surface area contributed by atoms with Gasteiger partial charge in [0.05, 0.1) is 13.2 Å². The molecule has 0 spiro atoms. The molecule has 0 saturated heterocycles. The number of hydrogen-bond donors (Lipinski definition) is 1. The molecule has 0 fully saturated rings. The lowest BCUT2D eigenvalue weighted by Gasteiger charge is -2.15. The van der Waals surface area contributed by atoms with Crippen molar-refractivity contribution in [2.75, 3.05) is 7.11 Å². The Kier molecular flexibility index (Phi) is 4.84. The molecule has 0 radical (unpaired) electrons. The molecule has 2 rings (SSSR count). The average molecular weight is 335 g/mol. The minimum absolute atomic E-state index is 0.539. The van der Waals surface area contributed by atoms with Crippen molar-refractivity contribution in [1.82, 2.24) is 0 Å². The number of methoxy groups -OCH3 is 1. The van der Waals surface area contributed by atoms with Crippen LogP contribution in [0.2, 0.25) is 0 Å². The molecule has 3 heteroatoms. The van der Waals surface area contributed by atoms with Gasteiger partial charge in [-0.1, -0.05) is 45.8 Å². The van der Waals surface area contributed by atoms with Gasteiger partial charge in [0.1, 0.15) is 5.75 Å². The fourth-order valence-corrected chi connectivity index (χ4v) is 2.61. The van der Waals surface area contributed by atoms with E-state index in [0.29, 0.717) is 6.42 Å². The number of aliphatic hydroxyl groups excluding tert-OH is 1. The zero-order valence-corrected chi connectivity index (χ0v) is 13.6. The molecule has 1 atom stereocenters. The third-order valence-corrected chi connectivity index (χ3v) is 4.28. The molecule has 106 valence electrons. The highest BCUT2D eigenvalue weighted by molar-refractivity contribution is 9.10. The molecule has 0 aliphatic heterocycles. The molecule has 20 heavy (non-hydrogen) atoms. The lowest BCUT2D eigenvalue weighted by atomic mass is 9.99. The summed E-state index contributed by atoms with van der Waals surface area (Å²) in [6, 6.07) is 12.0. The summed E-state index contributed by atoms with van der Waals surface area (Å²) in [5.74, 6) is 0.820. The zero-order valence-electron chi connectivity index (χ0n) is 12.0. The quantitative estimate of drug-likeness (QED) is 0.900. The van der Waals surface area contributed by atoms with Crippen molar-refractivity contribution in [3.8, 4) is 5.75 Å². The lowest BCUT2D eigenvalue weighted by molar-refractivity contribution is 0.177.